The van der Waals surface area contributed by atoms with Crippen LogP contribution in [0.15, 0.2) is 12.2 Å². The van der Waals surface area contributed by atoms with Gasteiger partial charge in [0.25, 0.3) is 0 Å². The smallest absolute Gasteiger partial charge is 0.305 e. The van der Waals surface area contributed by atoms with Crippen LogP contribution in [0.3, 0.4) is 0 Å². The summed E-state index contributed by atoms with van der Waals surface area (Å²) >= 11 is 0. The number of ketones is 1. The van der Waals surface area contributed by atoms with Gasteiger partial charge in [-0.1, -0.05) is 45.4 Å². The molecule has 0 bridgehead atoms. The van der Waals surface area contributed by atoms with Crippen LogP contribution in [0.2, 0.25) is 0 Å². The first-order chi connectivity index (χ1) is 12.9. The standard InChI is InChI=1S/C22H38O5/c1-5-6-10-14-19-20(27-22(2,3)26-19)17-16-18(23)13-11-8-7-9-12-15-21(24)25-4/h16-17,19-20H,5-15H2,1-4H3/b17-16+/t19-,20-/m1/s1. The SMILES string of the molecule is CCCCC[C@H]1OC(C)(C)O[C@@H]1/C=C/C(=O)CCCCCCCC(=O)OC. The van der Waals surface area contributed by atoms with Crippen LogP contribution in [0.25, 0.3) is 0 Å². The van der Waals surface area contributed by atoms with Crippen LogP contribution in [0.1, 0.15) is 91.4 Å². The molecular weight excluding hydrogens is 344 g/mol. The molecule has 0 N–H and O–H groups in total. The lowest BCUT2D eigenvalue weighted by Crippen LogP contribution is -2.21. The predicted molar refractivity (Wildman–Crippen MR) is 106 cm³/mol. The third-order valence-corrected chi connectivity index (χ3v) is 4.82. The van der Waals surface area contributed by atoms with E-state index >= 15 is 0 Å². The lowest BCUT2D eigenvalue weighted by molar-refractivity contribution is -0.143. The average molecular weight is 383 g/mol. The van der Waals surface area contributed by atoms with Gasteiger partial charge in [-0.05, 0) is 45.3 Å². The summed E-state index contributed by atoms with van der Waals surface area (Å²) in [5.41, 5.74) is 0. The Kier molecular flexibility index (Phi) is 11.5. The van der Waals surface area contributed by atoms with Gasteiger partial charge in [-0.2, -0.15) is 0 Å². The Balaban J connectivity index is 2.23. The van der Waals surface area contributed by atoms with E-state index in [0.29, 0.717) is 12.8 Å². The molecule has 27 heavy (non-hydrogen) atoms. The van der Waals surface area contributed by atoms with Crippen molar-refractivity contribution < 1.29 is 23.8 Å². The molecule has 0 aliphatic carbocycles. The van der Waals surface area contributed by atoms with Crippen molar-refractivity contribution in [3.05, 3.63) is 12.2 Å². The van der Waals surface area contributed by atoms with Crippen molar-refractivity contribution in [1.29, 1.82) is 0 Å². The molecule has 1 rings (SSSR count). The van der Waals surface area contributed by atoms with Crippen molar-refractivity contribution in [2.75, 3.05) is 7.11 Å². The van der Waals surface area contributed by atoms with Gasteiger partial charge in [0.05, 0.1) is 13.2 Å². The number of rotatable bonds is 14. The summed E-state index contributed by atoms with van der Waals surface area (Å²) in [6, 6.07) is 0. The molecule has 0 aromatic carbocycles. The number of methoxy groups -OCH3 is 1. The van der Waals surface area contributed by atoms with Crippen LogP contribution in [0, 0.1) is 0 Å². The lowest BCUT2D eigenvalue weighted by Gasteiger charge is -2.16. The van der Waals surface area contributed by atoms with Gasteiger partial charge in [-0.3, -0.25) is 9.59 Å². The Labute approximate surface area is 164 Å². The minimum atomic E-state index is -0.584. The molecule has 1 aliphatic heterocycles. The van der Waals surface area contributed by atoms with Crippen LogP contribution in [-0.4, -0.2) is 36.9 Å². The fraction of sp³-hybridized carbons (Fsp3) is 0.818. The lowest BCUT2D eigenvalue weighted by atomic mass is 10.0. The van der Waals surface area contributed by atoms with Crippen molar-refractivity contribution in [2.45, 2.75) is 109 Å². The number of carbonyl (C=O) groups excluding carboxylic acids is 2. The largest absolute Gasteiger partial charge is 0.469 e. The zero-order chi connectivity index (χ0) is 20.1. The molecular formula is C22H38O5. The molecule has 5 heteroatoms. The van der Waals surface area contributed by atoms with Crippen LogP contribution in [-0.2, 0) is 23.8 Å². The van der Waals surface area contributed by atoms with Gasteiger partial charge in [-0.15, -0.1) is 0 Å². The second-order valence-electron chi connectivity index (χ2n) is 7.80. The molecule has 0 radical (unpaired) electrons. The summed E-state index contributed by atoms with van der Waals surface area (Å²) < 4.78 is 16.5. The van der Waals surface area contributed by atoms with E-state index in [1.165, 1.54) is 20.0 Å². The van der Waals surface area contributed by atoms with E-state index < -0.39 is 5.79 Å². The van der Waals surface area contributed by atoms with Gasteiger partial charge >= 0.3 is 5.97 Å². The van der Waals surface area contributed by atoms with Crippen molar-refractivity contribution in [3.8, 4) is 0 Å². The highest BCUT2D eigenvalue weighted by Crippen LogP contribution is 2.31. The van der Waals surface area contributed by atoms with Crippen molar-refractivity contribution in [1.82, 2.24) is 0 Å². The first kappa shape index (κ1) is 23.8. The number of carbonyl (C=O) groups is 2. The van der Waals surface area contributed by atoms with Crippen molar-refractivity contribution in [3.63, 3.8) is 0 Å². The molecule has 1 heterocycles. The fourth-order valence-corrected chi connectivity index (χ4v) is 3.33. The van der Waals surface area contributed by atoms with Crippen LogP contribution in [0.4, 0.5) is 0 Å². The Hall–Kier alpha value is -1.20. The van der Waals surface area contributed by atoms with Gasteiger partial charge in [0.2, 0.25) is 0 Å². The maximum Gasteiger partial charge on any atom is 0.305 e. The van der Waals surface area contributed by atoms with Gasteiger partial charge in [0, 0.05) is 12.8 Å². The normalized spacial score (nSPS) is 21.6. The van der Waals surface area contributed by atoms with Crippen LogP contribution >= 0.6 is 0 Å². The molecule has 1 aliphatic rings. The molecule has 0 spiro atoms. The Morgan fingerprint density at radius 2 is 1.63 bits per heavy atom. The highest BCUT2D eigenvalue weighted by Gasteiger charge is 2.39. The summed E-state index contributed by atoms with van der Waals surface area (Å²) in [6.45, 7) is 6.04. The predicted octanol–water partition coefficient (Wildman–Crippen LogP) is 5.12. The summed E-state index contributed by atoms with van der Waals surface area (Å²) in [6.07, 6.45) is 13.7. The molecule has 1 saturated heterocycles. The summed E-state index contributed by atoms with van der Waals surface area (Å²) in [4.78, 5) is 23.1. The molecule has 0 amide bonds. The third-order valence-electron chi connectivity index (χ3n) is 4.82. The van der Waals surface area contributed by atoms with Gasteiger partial charge in [0.15, 0.2) is 11.6 Å². The minimum absolute atomic E-state index is 0.0328. The third kappa shape index (κ3) is 10.6. The zero-order valence-electron chi connectivity index (χ0n) is 17.6. The van der Waals surface area contributed by atoms with Crippen molar-refractivity contribution >= 4 is 11.8 Å². The van der Waals surface area contributed by atoms with Gasteiger partial charge in [-0.25, -0.2) is 0 Å². The number of ether oxygens (including phenoxy) is 3. The molecule has 0 aromatic heterocycles. The van der Waals surface area contributed by atoms with E-state index in [1.807, 2.05) is 19.9 Å². The van der Waals surface area contributed by atoms with Gasteiger partial charge < -0.3 is 14.2 Å². The Bertz CT molecular complexity index is 469. The molecule has 2 atom stereocenters. The summed E-state index contributed by atoms with van der Waals surface area (Å²) in [7, 11) is 1.42. The van der Waals surface area contributed by atoms with E-state index in [2.05, 4.69) is 11.7 Å². The fourth-order valence-electron chi connectivity index (χ4n) is 3.33. The summed E-state index contributed by atoms with van der Waals surface area (Å²) in [5, 5.41) is 0. The molecule has 0 unspecified atom stereocenters. The minimum Gasteiger partial charge on any atom is -0.469 e. The number of hydrogen-bond donors (Lipinski definition) is 0. The van der Waals surface area contributed by atoms with Crippen molar-refractivity contribution in [2.24, 2.45) is 0 Å². The molecule has 0 saturated carbocycles. The monoisotopic (exact) mass is 382 g/mol. The second kappa shape index (κ2) is 13.1. The molecule has 0 aromatic rings. The van der Waals surface area contributed by atoms with E-state index in [1.54, 1.807) is 6.08 Å². The number of unbranched alkanes of at least 4 members (excludes halogenated alkanes) is 6. The molecule has 5 nitrogen and oxygen atoms in total. The van der Waals surface area contributed by atoms with E-state index in [9.17, 15) is 9.59 Å². The average Bonchev–Trinajstić information content (AvgIpc) is 2.92. The Morgan fingerprint density at radius 3 is 2.30 bits per heavy atom. The maximum absolute atomic E-state index is 12.1. The van der Waals surface area contributed by atoms with E-state index in [-0.39, 0.29) is 24.0 Å². The molecule has 156 valence electrons. The second-order valence-corrected chi connectivity index (χ2v) is 7.80. The van der Waals surface area contributed by atoms with Crippen LogP contribution < -0.4 is 0 Å². The Morgan fingerprint density at radius 1 is 0.963 bits per heavy atom. The topological polar surface area (TPSA) is 61.8 Å². The number of hydrogen-bond acceptors (Lipinski definition) is 5. The highest BCUT2D eigenvalue weighted by molar-refractivity contribution is 5.89. The number of esters is 1. The first-order valence-electron chi connectivity index (χ1n) is 10.5. The van der Waals surface area contributed by atoms with Gasteiger partial charge in [0.1, 0.15) is 6.10 Å². The zero-order valence-corrected chi connectivity index (χ0v) is 17.6. The highest BCUT2D eigenvalue weighted by atomic mass is 16.7. The van der Waals surface area contributed by atoms with E-state index in [0.717, 1.165) is 44.9 Å². The maximum atomic E-state index is 12.1. The molecule has 1 fully saturated rings. The van der Waals surface area contributed by atoms with Crippen LogP contribution in [0.5, 0.6) is 0 Å². The number of allylic oxidation sites excluding steroid dienone is 1. The van der Waals surface area contributed by atoms with E-state index in [4.69, 9.17) is 9.47 Å². The quantitative estimate of drug-likeness (QED) is 0.237. The summed E-state index contributed by atoms with van der Waals surface area (Å²) in [5.74, 6) is -0.589. The first-order valence-corrected chi connectivity index (χ1v) is 10.5.